The molecule has 0 saturated carbocycles. The quantitative estimate of drug-likeness (QED) is 0.645. The molecule has 3 rings (SSSR count). The zero-order valence-electron chi connectivity index (χ0n) is 13.1. The molecule has 3 aromatic rings. The van der Waals surface area contributed by atoms with Crippen LogP contribution in [0.1, 0.15) is 15.4 Å². The fraction of sp³-hybridized carbons (Fsp3) is 0.222. The van der Waals surface area contributed by atoms with Gasteiger partial charge in [0.25, 0.3) is 0 Å². The molecule has 24 heavy (non-hydrogen) atoms. The standard InChI is InChI=1S/C18H18N2O3S/c21-10-8-20(9-11-22)14-6-7-15-16(12-14)24-18(19-15)17(23)13-4-2-1-3-5-13/h1-7,12,21-22H,8-11H2. The maximum absolute atomic E-state index is 12.5. The van der Waals surface area contributed by atoms with Crippen LogP contribution in [0.15, 0.2) is 48.5 Å². The maximum Gasteiger partial charge on any atom is 0.221 e. The Hall–Kier alpha value is -2.28. The van der Waals surface area contributed by atoms with Crippen molar-refractivity contribution in [2.24, 2.45) is 0 Å². The monoisotopic (exact) mass is 342 g/mol. The van der Waals surface area contributed by atoms with Crippen molar-refractivity contribution in [2.45, 2.75) is 0 Å². The van der Waals surface area contributed by atoms with Gasteiger partial charge in [-0.15, -0.1) is 11.3 Å². The number of carbonyl (C=O) groups is 1. The van der Waals surface area contributed by atoms with Crippen LogP contribution in [-0.4, -0.2) is 47.3 Å². The van der Waals surface area contributed by atoms with Crippen molar-refractivity contribution < 1.29 is 15.0 Å². The predicted molar refractivity (Wildman–Crippen MR) is 95.9 cm³/mol. The van der Waals surface area contributed by atoms with Crippen LogP contribution in [-0.2, 0) is 0 Å². The van der Waals surface area contributed by atoms with E-state index in [9.17, 15) is 4.79 Å². The van der Waals surface area contributed by atoms with E-state index in [1.54, 1.807) is 12.1 Å². The van der Waals surface area contributed by atoms with Gasteiger partial charge in [0, 0.05) is 24.3 Å². The fourth-order valence-electron chi connectivity index (χ4n) is 2.53. The van der Waals surface area contributed by atoms with Gasteiger partial charge in [0.05, 0.1) is 23.4 Å². The van der Waals surface area contributed by atoms with Crippen molar-refractivity contribution in [1.82, 2.24) is 4.98 Å². The lowest BCUT2D eigenvalue weighted by Gasteiger charge is -2.22. The van der Waals surface area contributed by atoms with E-state index in [4.69, 9.17) is 10.2 Å². The summed E-state index contributed by atoms with van der Waals surface area (Å²) in [6.45, 7) is 0.915. The lowest BCUT2D eigenvalue weighted by Crippen LogP contribution is -2.29. The minimum absolute atomic E-state index is 0.0124. The van der Waals surface area contributed by atoms with Crippen LogP contribution < -0.4 is 4.90 Å². The van der Waals surface area contributed by atoms with Crippen LogP contribution in [0.4, 0.5) is 5.69 Å². The molecule has 0 amide bonds. The number of aliphatic hydroxyl groups is 2. The second kappa shape index (κ2) is 7.53. The Balaban J connectivity index is 1.92. The molecule has 0 unspecified atom stereocenters. The summed E-state index contributed by atoms with van der Waals surface area (Å²) in [5, 5.41) is 18.8. The van der Waals surface area contributed by atoms with Crippen molar-refractivity contribution in [3.05, 3.63) is 59.1 Å². The lowest BCUT2D eigenvalue weighted by atomic mass is 10.1. The highest BCUT2D eigenvalue weighted by Gasteiger charge is 2.15. The zero-order chi connectivity index (χ0) is 16.9. The average Bonchev–Trinajstić information content (AvgIpc) is 3.05. The molecule has 0 atom stereocenters. The number of hydrogen-bond acceptors (Lipinski definition) is 6. The predicted octanol–water partition coefficient (Wildman–Crippen LogP) is 2.32. The highest BCUT2D eigenvalue weighted by Crippen LogP contribution is 2.28. The van der Waals surface area contributed by atoms with Gasteiger partial charge in [-0.2, -0.15) is 0 Å². The van der Waals surface area contributed by atoms with Crippen molar-refractivity contribution in [1.29, 1.82) is 0 Å². The lowest BCUT2D eigenvalue weighted by molar-refractivity contribution is 0.103. The molecule has 1 heterocycles. The number of hydrogen-bond donors (Lipinski definition) is 2. The van der Waals surface area contributed by atoms with E-state index < -0.39 is 0 Å². The van der Waals surface area contributed by atoms with Crippen LogP contribution >= 0.6 is 11.3 Å². The van der Waals surface area contributed by atoms with Gasteiger partial charge in [-0.05, 0) is 18.2 Å². The summed E-state index contributed by atoms with van der Waals surface area (Å²) in [5.74, 6) is -0.0825. The van der Waals surface area contributed by atoms with Gasteiger partial charge in [0.1, 0.15) is 0 Å². The molecule has 0 radical (unpaired) electrons. The van der Waals surface area contributed by atoms with E-state index in [-0.39, 0.29) is 19.0 Å². The molecule has 0 bridgehead atoms. The number of aromatic nitrogens is 1. The Morgan fingerprint density at radius 1 is 1.04 bits per heavy atom. The Bertz CT molecular complexity index is 827. The molecule has 0 aliphatic rings. The summed E-state index contributed by atoms with van der Waals surface area (Å²) in [6.07, 6.45) is 0. The maximum atomic E-state index is 12.5. The molecule has 0 saturated heterocycles. The Kier molecular flexibility index (Phi) is 5.20. The van der Waals surface area contributed by atoms with Gasteiger partial charge in [0.15, 0.2) is 5.01 Å². The van der Waals surface area contributed by atoms with E-state index in [0.717, 1.165) is 15.9 Å². The van der Waals surface area contributed by atoms with Crippen molar-refractivity contribution in [3.63, 3.8) is 0 Å². The van der Waals surface area contributed by atoms with Gasteiger partial charge >= 0.3 is 0 Å². The Labute approximate surface area is 143 Å². The molecule has 0 fully saturated rings. The molecule has 5 nitrogen and oxygen atoms in total. The first-order chi connectivity index (χ1) is 11.7. The molecule has 6 heteroatoms. The van der Waals surface area contributed by atoms with Crippen molar-refractivity contribution in [2.75, 3.05) is 31.2 Å². The number of fused-ring (bicyclic) bond motifs is 1. The first kappa shape index (κ1) is 16.6. The summed E-state index contributed by atoms with van der Waals surface area (Å²) in [7, 11) is 0. The molecule has 0 aliphatic carbocycles. The largest absolute Gasteiger partial charge is 0.395 e. The highest BCUT2D eigenvalue weighted by atomic mass is 32.1. The smallest absolute Gasteiger partial charge is 0.221 e. The minimum Gasteiger partial charge on any atom is -0.395 e. The first-order valence-electron chi connectivity index (χ1n) is 7.70. The Morgan fingerprint density at radius 2 is 1.75 bits per heavy atom. The number of nitrogens with zero attached hydrogens (tertiary/aromatic N) is 2. The fourth-order valence-corrected chi connectivity index (χ4v) is 3.49. The number of thiazole rings is 1. The first-order valence-corrected chi connectivity index (χ1v) is 8.51. The van der Waals surface area contributed by atoms with Crippen LogP contribution in [0.3, 0.4) is 0 Å². The molecule has 1 aromatic heterocycles. The van der Waals surface area contributed by atoms with Crippen LogP contribution in [0.5, 0.6) is 0 Å². The molecular formula is C18H18N2O3S. The van der Waals surface area contributed by atoms with Gasteiger partial charge in [0.2, 0.25) is 5.78 Å². The summed E-state index contributed by atoms with van der Waals surface area (Å²) >= 11 is 1.36. The van der Waals surface area contributed by atoms with Gasteiger partial charge in [-0.3, -0.25) is 4.79 Å². The molecule has 2 N–H and O–H groups in total. The number of aliphatic hydroxyl groups excluding tert-OH is 2. The number of benzene rings is 2. The van der Waals surface area contributed by atoms with E-state index in [0.29, 0.717) is 23.7 Å². The molecule has 2 aromatic carbocycles. The second-order valence-corrected chi connectivity index (χ2v) is 6.33. The number of ketones is 1. The van der Waals surface area contributed by atoms with E-state index in [1.807, 2.05) is 41.3 Å². The zero-order valence-corrected chi connectivity index (χ0v) is 13.9. The summed E-state index contributed by atoms with van der Waals surface area (Å²) in [6, 6.07) is 14.8. The highest BCUT2D eigenvalue weighted by molar-refractivity contribution is 7.20. The molecule has 0 aliphatic heterocycles. The van der Waals surface area contributed by atoms with E-state index in [2.05, 4.69) is 4.98 Å². The summed E-state index contributed by atoms with van der Waals surface area (Å²) in [5.41, 5.74) is 2.29. The summed E-state index contributed by atoms with van der Waals surface area (Å²) < 4.78 is 0.910. The van der Waals surface area contributed by atoms with Crippen LogP contribution in [0.25, 0.3) is 10.2 Å². The van der Waals surface area contributed by atoms with Crippen LogP contribution in [0, 0.1) is 0 Å². The molecule has 124 valence electrons. The number of carbonyl (C=O) groups excluding carboxylic acids is 1. The molecule has 0 spiro atoms. The Morgan fingerprint density at radius 3 is 2.42 bits per heavy atom. The van der Waals surface area contributed by atoms with Gasteiger partial charge < -0.3 is 15.1 Å². The SMILES string of the molecule is O=C(c1ccccc1)c1nc2ccc(N(CCO)CCO)cc2s1. The normalized spacial score (nSPS) is 10.9. The van der Waals surface area contributed by atoms with Crippen LogP contribution in [0.2, 0.25) is 0 Å². The van der Waals surface area contributed by atoms with Crippen molar-refractivity contribution >= 4 is 33.0 Å². The topological polar surface area (TPSA) is 73.7 Å². The van der Waals surface area contributed by atoms with Gasteiger partial charge in [-0.25, -0.2) is 4.98 Å². The van der Waals surface area contributed by atoms with E-state index in [1.165, 1.54) is 11.3 Å². The second-order valence-electron chi connectivity index (χ2n) is 5.30. The summed E-state index contributed by atoms with van der Waals surface area (Å²) in [4.78, 5) is 18.8. The van der Waals surface area contributed by atoms with Crippen molar-refractivity contribution in [3.8, 4) is 0 Å². The third-order valence-corrected chi connectivity index (χ3v) is 4.72. The molecular weight excluding hydrogens is 324 g/mol. The number of rotatable bonds is 7. The third-order valence-electron chi connectivity index (χ3n) is 3.71. The minimum atomic E-state index is -0.0825. The number of anilines is 1. The average molecular weight is 342 g/mol. The van der Waals surface area contributed by atoms with Gasteiger partial charge in [-0.1, -0.05) is 30.3 Å². The third kappa shape index (κ3) is 3.46. The van der Waals surface area contributed by atoms with E-state index >= 15 is 0 Å².